The molecule has 2 nitrogen and oxygen atoms in total. The molecule has 0 saturated carbocycles. The van der Waals surface area contributed by atoms with Crippen LogP contribution in [0.2, 0.25) is 0 Å². The first-order valence-corrected chi connectivity index (χ1v) is 17.8. The Morgan fingerprint density at radius 2 is 0.692 bits per heavy atom. The summed E-state index contributed by atoms with van der Waals surface area (Å²) in [6, 6.07) is 61.7. The lowest BCUT2D eigenvalue weighted by atomic mass is 9.88. The molecule has 0 aliphatic rings. The van der Waals surface area contributed by atoms with Gasteiger partial charge < -0.3 is 8.83 Å². The third-order valence-corrected chi connectivity index (χ3v) is 11.2. The molecule has 10 aromatic carbocycles. The average Bonchev–Trinajstić information content (AvgIpc) is 3.79. The van der Waals surface area contributed by atoms with Crippen molar-refractivity contribution in [1.29, 1.82) is 0 Å². The molecule has 2 heterocycles. The summed E-state index contributed by atoms with van der Waals surface area (Å²) < 4.78 is 12.8. The van der Waals surface area contributed by atoms with Crippen molar-refractivity contribution in [3.05, 3.63) is 170 Å². The Kier molecular flexibility index (Phi) is 5.53. The van der Waals surface area contributed by atoms with E-state index in [0.717, 1.165) is 49.4 Å². The van der Waals surface area contributed by atoms with Gasteiger partial charge in [0.15, 0.2) is 11.2 Å². The second-order valence-corrected chi connectivity index (χ2v) is 14.0. The highest BCUT2D eigenvalue weighted by Crippen LogP contribution is 2.43. The van der Waals surface area contributed by atoms with E-state index in [4.69, 9.17) is 8.83 Å². The van der Waals surface area contributed by atoms with E-state index in [1.165, 1.54) is 70.6 Å². The molecule has 0 spiro atoms. The van der Waals surface area contributed by atoms with Gasteiger partial charge in [-0.05, 0) is 125 Å². The maximum Gasteiger partial charge on any atom is 0.178 e. The van der Waals surface area contributed by atoms with Crippen LogP contribution in [0.5, 0.6) is 0 Å². The Bertz CT molecular complexity index is 3450. The molecular weight excluding hydrogens is 633 g/mol. The number of para-hydroxylation sites is 1. The zero-order valence-electron chi connectivity index (χ0n) is 28.0. The average molecular weight is 661 g/mol. The standard InChI is InChI=1S/C50H28O2/c1-2-10-33-31(9-1)27-43(35-12-4-3-11-34(33)35)32-18-21-39-38-20-17-29(25-44(38)36-13-5-6-14-37(36)45(39)28-32)30-19-24-48-46(26-30)42-23-22-41-40-15-7-8-16-47(40)51-49(41)50(42)52-48/h1-28H. The van der Waals surface area contributed by atoms with Gasteiger partial charge in [-0.25, -0.2) is 0 Å². The molecule has 0 N–H and O–H groups in total. The van der Waals surface area contributed by atoms with Crippen molar-refractivity contribution < 1.29 is 8.83 Å². The van der Waals surface area contributed by atoms with Crippen LogP contribution in [0.1, 0.15) is 0 Å². The van der Waals surface area contributed by atoms with Gasteiger partial charge in [-0.3, -0.25) is 0 Å². The molecule has 0 bridgehead atoms. The molecule has 12 rings (SSSR count). The monoisotopic (exact) mass is 660 g/mol. The summed E-state index contributed by atoms with van der Waals surface area (Å²) in [7, 11) is 0. The third kappa shape index (κ3) is 3.84. The number of hydrogen-bond acceptors (Lipinski definition) is 2. The lowest BCUT2D eigenvalue weighted by Crippen LogP contribution is -1.88. The first-order chi connectivity index (χ1) is 25.8. The van der Waals surface area contributed by atoms with E-state index in [1.54, 1.807) is 0 Å². The summed E-state index contributed by atoms with van der Waals surface area (Å²) in [4.78, 5) is 0. The zero-order valence-corrected chi connectivity index (χ0v) is 28.0. The van der Waals surface area contributed by atoms with Crippen molar-refractivity contribution in [3.8, 4) is 22.3 Å². The minimum Gasteiger partial charge on any atom is -0.452 e. The van der Waals surface area contributed by atoms with Gasteiger partial charge >= 0.3 is 0 Å². The molecule has 0 amide bonds. The van der Waals surface area contributed by atoms with E-state index >= 15 is 0 Å². The maximum absolute atomic E-state index is 6.45. The lowest BCUT2D eigenvalue weighted by molar-refractivity contribution is 0.633. The smallest absolute Gasteiger partial charge is 0.178 e. The van der Waals surface area contributed by atoms with Crippen LogP contribution in [-0.2, 0) is 0 Å². The van der Waals surface area contributed by atoms with Crippen LogP contribution in [0.4, 0.5) is 0 Å². The number of furan rings is 2. The molecule has 0 aliphatic carbocycles. The van der Waals surface area contributed by atoms with Gasteiger partial charge in [0.25, 0.3) is 0 Å². The minimum atomic E-state index is 0.799. The number of rotatable bonds is 2. The van der Waals surface area contributed by atoms with E-state index in [2.05, 4.69) is 152 Å². The number of fused-ring (bicyclic) bond motifs is 16. The van der Waals surface area contributed by atoms with E-state index in [9.17, 15) is 0 Å². The topological polar surface area (TPSA) is 26.3 Å². The van der Waals surface area contributed by atoms with Gasteiger partial charge in [0.1, 0.15) is 11.2 Å². The number of hydrogen-bond donors (Lipinski definition) is 0. The van der Waals surface area contributed by atoms with Crippen LogP contribution in [-0.4, -0.2) is 0 Å². The Morgan fingerprint density at radius 1 is 0.250 bits per heavy atom. The summed E-state index contributed by atoms with van der Waals surface area (Å²) in [5, 5.41) is 17.0. The molecule has 0 radical (unpaired) electrons. The highest BCUT2D eigenvalue weighted by Gasteiger charge is 2.17. The summed E-state index contributed by atoms with van der Waals surface area (Å²) in [6.45, 7) is 0. The molecule has 2 aromatic heterocycles. The van der Waals surface area contributed by atoms with E-state index < -0.39 is 0 Å². The van der Waals surface area contributed by atoms with E-state index in [1.807, 2.05) is 18.2 Å². The van der Waals surface area contributed by atoms with Crippen molar-refractivity contribution in [3.63, 3.8) is 0 Å². The van der Waals surface area contributed by atoms with Crippen molar-refractivity contribution in [2.75, 3.05) is 0 Å². The predicted molar refractivity (Wildman–Crippen MR) is 219 cm³/mol. The molecule has 0 unspecified atom stereocenters. The van der Waals surface area contributed by atoms with Crippen LogP contribution < -0.4 is 0 Å². The molecule has 2 heteroatoms. The first kappa shape index (κ1) is 27.9. The van der Waals surface area contributed by atoms with Gasteiger partial charge in [-0.15, -0.1) is 0 Å². The molecule has 0 saturated heterocycles. The molecule has 0 aliphatic heterocycles. The largest absolute Gasteiger partial charge is 0.452 e. The lowest BCUT2D eigenvalue weighted by Gasteiger charge is -2.15. The zero-order chi connectivity index (χ0) is 33.9. The molecule has 52 heavy (non-hydrogen) atoms. The first-order valence-electron chi connectivity index (χ1n) is 17.8. The van der Waals surface area contributed by atoms with Crippen LogP contribution in [0.15, 0.2) is 179 Å². The maximum atomic E-state index is 6.45. The van der Waals surface area contributed by atoms with Crippen LogP contribution in [0.3, 0.4) is 0 Å². The highest BCUT2D eigenvalue weighted by molar-refractivity contribution is 6.27. The fourth-order valence-electron chi connectivity index (χ4n) is 8.79. The Labute approximate surface area is 297 Å². The number of benzene rings is 10. The van der Waals surface area contributed by atoms with Crippen LogP contribution in [0, 0.1) is 0 Å². The van der Waals surface area contributed by atoms with Crippen molar-refractivity contribution >= 4 is 97.7 Å². The molecular formula is C50H28O2. The predicted octanol–water partition coefficient (Wildman–Crippen LogP) is 14.6. The summed E-state index contributed by atoms with van der Waals surface area (Å²) in [6.07, 6.45) is 0. The van der Waals surface area contributed by atoms with Crippen LogP contribution in [0.25, 0.3) is 120 Å². The fourth-order valence-corrected chi connectivity index (χ4v) is 8.79. The Balaban J connectivity index is 1.04. The van der Waals surface area contributed by atoms with E-state index in [0.29, 0.717) is 0 Å². The SMILES string of the molecule is c1ccc2c(c1)cc(-c1ccc3c4ccc(-c5ccc6oc7c(ccc8c9ccccc9oc87)c6c5)cc4c4ccccc4c3c1)c1ccccc12. The third-order valence-electron chi connectivity index (χ3n) is 11.2. The van der Waals surface area contributed by atoms with Gasteiger partial charge in [-0.2, -0.15) is 0 Å². The summed E-state index contributed by atoms with van der Waals surface area (Å²) in [5.41, 5.74) is 8.17. The van der Waals surface area contributed by atoms with Gasteiger partial charge in [0.2, 0.25) is 0 Å². The molecule has 12 aromatic rings. The van der Waals surface area contributed by atoms with Gasteiger partial charge in [0, 0.05) is 21.5 Å². The summed E-state index contributed by atoms with van der Waals surface area (Å²) in [5.74, 6) is 0. The second-order valence-electron chi connectivity index (χ2n) is 14.0. The van der Waals surface area contributed by atoms with E-state index in [-0.39, 0.29) is 0 Å². The molecule has 240 valence electrons. The van der Waals surface area contributed by atoms with Crippen molar-refractivity contribution in [2.45, 2.75) is 0 Å². The minimum absolute atomic E-state index is 0.799. The van der Waals surface area contributed by atoms with Gasteiger partial charge in [-0.1, -0.05) is 121 Å². The molecule has 0 fully saturated rings. The van der Waals surface area contributed by atoms with Crippen molar-refractivity contribution in [2.24, 2.45) is 0 Å². The second kappa shape index (κ2) is 10.3. The Hall–Kier alpha value is -6.90. The van der Waals surface area contributed by atoms with Crippen LogP contribution >= 0.6 is 0 Å². The summed E-state index contributed by atoms with van der Waals surface area (Å²) >= 11 is 0. The van der Waals surface area contributed by atoms with Crippen molar-refractivity contribution in [1.82, 2.24) is 0 Å². The molecule has 0 atom stereocenters. The Morgan fingerprint density at radius 3 is 1.40 bits per heavy atom. The highest BCUT2D eigenvalue weighted by atomic mass is 16.4. The normalized spacial score (nSPS) is 12.2. The fraction of sp³-hybridized carbons (Fsp3) is 0. The quantitative estimate of drug-likeness (QED) is 0.173. The van der Waals surface area contributed by atoms with Gasteiger partial charge in [0.05, 0.1) is 0 Å².